The SMILES string of the molecule is CC1(C)OCC(CO)O1.CC1(C)OCC(CO)O1. The number of rotatable bonds is 2. The lowest BCUT2D eigenvalue weighted by atomic mass is 10.4. The quantitative estimate of drug-likeness (QED) is 0.745. The Bertz CT molecular complexity index is 227. The van der Waals surface area contributed by atoms with Crippen LogP contribution < -0.4 is 0 Å². The van der Waals surface area contributed by atoms with Crippen LogP contribution in [0, 0.1) is 0 Å². The van der Waals surface area contributed by atoms with Crippen LogP contribution in [0.2, 0.25) is 0 Å². The molecule has 0 amide bonds. The largest absolute Gasteiger partial charge is 0.394 e. The van der Waals surface area contributed by atoms with Gasteiger partial charge in [-0.15, -0.1) is 0 Å². The van der Waals surface area contributed by atoms with E-state index in [0.29, 0.717) is 13.2 Å². The van der Waals surface area contributed by atoms with E-state index >= 15 is 0 Å². The number of aliphatic hydroxyl groups excluding tert-OH is 2. The molecule has 2 saturated heterocycles. The molecular formula is C12H24O6. The van der Waals surface area contributed by atoms with Crippen LogP contribution in [0.3, 0.4) is 0 Å². The zero-order valence-corrected chi connectivity index (χ0v) is 11.5. The maximum absolute atomic E-state index is 8.59. The molecule has 2 heterocycles. The Morgan fingerprint density at radius 3 is 1.28 bits per heavy atom. The smallest absolute Gasteiger partial charge is 0.163 e. The van der Waals surface area contributed by atoms with Gasteiger partial charge >= 0.3 is 0 Å². The topological polar surface area (TPSA) is 77.4 Å². The molecule has 0 aliphatic carbocycles. The third kappa shape index (κ3) is 5.17. The second-order valence-corrected chi connectivity index (χ2v) is 5.27. The van der Waals surface area contributed by atoms with Crippen LogP contribution >= 0.6 is 0 Å². The van der Waals surface area contributed by atoms with E-state index in [4.69, 9.17) is 29.2 Å². The van der Waals surface area contributed by atoms with Crippen LogP contribution in [0.25, 0.3) is 0 Å². The van der Waals surface area contributed by atoms with Crippen molar-refractivity contribution in [2.24, 2.45) is 0 Å². The summed E-state index contributed by atoms with van der Waals surface area (Å²) >= 11 is 0. The van der Waals surface area contributed by atoms with Gasteiger partial charge in [-0.25, -0.2) is 0 Å². The molecule has 2 aliphatic rings. The van der Waals surface area contributed by atoms with Crippen molar-refractivity contribution in [3.8, 4) is 0 Å². The van der Waals surface area contributed by atoms with Gasteiger partial charge in [-0.2, -0.15) is 0 Å². The summed E-state index contributed by atoms with van der Waals surface area (Å²) in [6, 6.07) is 0. The van der Waals surface area contributed by atoms with Crippen molar-refractivity contribution in [3.63, 3.8) is 0 Å². The first-order valence-electron chi connectivity index (χ1n) is 6.13. The lowest BCUT2D eigenvalue weighted by Crippen LogP contribution is -2.22. The average molecular weight is 264 g/mol. The van der Waals surface area contributed by atoms with Crippen LogP contribution in [0.5, 0.6) is 0 Å². The van der Waals surface area contributed by atoms with Gasteiger partial charge in [0.2, 0.25) is 0 Å². The Labute approximate surface area is 108 Å². The van der Waals surface area contributed by atoms with Crippen LogP contribution in [0.4, 0.5) is 0 Å². The van der Waals surface area contributed by atoms with E-state index in [2.05, 4.69) is 0 Å². The third-order valence-corrected chi connectivity index (χ3v) is 2.54. The molecule has 0 aromatic rings. The van der Waals surface area contributed by atoms with Gasteiger partial charge in [0.15, 0.2) is 11.6 Å². The molecule has 6 heteroatoms. The zero-order chi connectivity index (χ0) is 13.8. The molecular weight excluding hydrogens is 240 g/mol. The molecule has 2 rings (SSSR count). The minimum atomic E-state index is -0.493. The Hall–Kier alpha value is -0.240. The average Bonchev–Trinajstić information content (AvgIpc) is 2.81. The number of aliphatic hydroxyl groups is 2. The molecule has 0 aromatic carbocycles. The molecule has 6 nitrogen and oxygen atoms in total. The normalized spacial score (nSPS) is 33.0. The molecule has 0 bridgehead atoms. The molecule has 2 fully saturated rings. The summed E-state index contributed by atoms with van der Waals surface area (Å²) in [6.07, 6.45) is -0.250. The predicted octanol–water partition coefficient (Wildman–Crippen LogP) is 0.260. The minimum absolute atomic E-state index is 0.0451. The molecule has 108 valence electrons. The van der Waals surface area contributed by atoms with E-state index < -0.39 is 11.6 Å². The molecule has 0 aromatic heterocycles. The van der Waals surface area contributed by atoms with E-state index in [9.17, 15) is 0 Å². The van der Waals surface area contributed by atoms with Crippen LogP contribution in [0.15, 0.2) is 0 Å². The van der Waals surface area contributed by atoms with Gasteiger partial charge in [0.25, 0.3) is 0 Å². The Balaban J connectivity index is 0.000000180. The van der Waals surface area contributed by atoms with Crippen molar-refractivity contribution >= 4 is 0 Å². The lowest BCUT2D eigenvalue weighted by Gasteiger charge is -2.15. The second kappa shape index (κ2) is 6.27. The highest BCUT2D eigenvalue weighted by Crippen LogP contribution is 2.22. The summed E-state index contributed by atoms with van der Waals surface area (Å²) in [6.45, 7) is 8.44. The lowest BCUT2D eigenvalue weighted by molar-refractivity contribution is -0.142. The Morgan fingerprint density at radius 2 is 1.17 bits per heavy atom. The van der Waals surface area contributed by atoms with Crippen molar-refractivity contribution in [1.29, 1.82) is 0 Å². The van der Waals surface area contributed by atoms with Crippen molar-refractivity contribution in [2.75, 3.05) is 26.4 Å². The van der Waals surface area contributed by atoms with E-state index in [1.165, 1.54) is 0 Å². The Morgan fingerprint density at radius 1 is 0.833 bits per heavy atom. The summed E-state index contributed by atoms with van der Waals surface area (Å²) in [4.78, 5) is 0. The van der Waals surface area contributed by atoms with Gasteiger partial charge in [0.1, 0.15) is 12.2 Å². The summed E-state index contributed by atoms with van der Waals surface area (Å²) < 4.78 is 20.8. The molecule has 0 radical (unpaired) electrons. The van der Waals surface area contributed by atoms with Crippen LogP contribution in [0.1, 0.15) is 27.7 Å². The van der Waals surface area contributed by atoms with Gasteiger partial charge in [-0.3, -0.25) is 0 Å². The minimum Gasteiger partial charge on any atom is -0.394 e. The van der Waals surface area contributed by atoms with Crippen molar-refractivity contribution in [3.05, 3.63) is 0 Å². The van der Waals surface area contributed by atoms with Gasteiger partial charge in [-0.1, -0.05) is 0 Å². The molecule has 2 N–H and O–H groups in total. The molecule has 0 saturated carbocycles. The van der Waals surface area contributed by atoms with Gasteiger partial charge < -0.3 is 29.2 Å². The summed E-state index contributed by atoms with van der Waals surface area (Å²) in [5.41, 5.74) is 0. The maximum Gasteiger partial charge on any atom is 0.163 e. The van der Waals surface area contributed by atoms with Gasteiger partial charge in [-0.05, 0) is 27.7 Å². The highest BCUT2D eigenvalue weighted by molar-refractivity contribution is 4.69. The standard InChI is InChI=1S/2C6H12O3/c2*1-6(2)8-4-5(3-7)9-6/h2*5,7H,3-4H2,1-2H3. The molecule has 2 atom stereocenters. The summed E-state index contributed by atoms with van der Waals surface area (Å²) in [5, 5.41) is 17.2. The van der Waals surface area contributed by atoms with E-state index in [-0.39, 0.29) is 25.4 Å². The fourth-order valence-corrected chi connectivity index (χ4v) is 1.71. The molecule has 2 aliphatic heterocycles. The monoisotopic (exact) mass is 264 g/mol. The first-order valence-corrected chi connectivity index (χ1v) is 6.13. The highest BCUT2D eigenvalue weighted by Gasteiger charge is 2.32. The summed E-state index contributed by atoms with van der Waals surface area (Å²) in [5.74, 6) is -0.985. The van der Waals surface area contributed by atoms with Crippen LogP contribution in [-0.2, 0) is 18.9 Å². The van der Waals surface area contributed by atoms with Crippen molar-refractivity contribution in [2.45, 2.75) is 51.5 Å². The van der Waals surface area contributed by atoms with Crippen molar-refractivity contribution in [1.82, 2.24) is 0 Å². The molecule has 0 spiro atoms. The fraction of sp³-hybridized carbons (Fsp3) is 1.00. The van der Waals surface area contributed by atoms with Crippen molar-refractivity contribution < 1.29 is 29.2 Å². The molecule has 18 heavy (non-hydrogen) atoms. The highest BCUT2D eigenvalue weighted by atomic mass is 16.7. The van der Waals surface area contributed by atoms with Gasteiger partial charge in [0, 0.05) is 0 Å². The first kappa shape index (κ1) is 15.8. The third-order valence-electron chi connectivity index (χ3n) is 2.54. The van der Waals surface area contributed by atoms with Gasteiger partial charge in [0.05, 0.1) is 26.4 Å². The number of ether oxygens (including phenoxy) is 4. The fourth-order valence-electron chi connectivity index (χ4n) is 1.71. The van der Waals surface area contributed by atoms with E-state index in [1.54, 1.807) is 0 Å². The number of hydrogen-bond donors (Lipinski definition) is 2. The maximum atomic E-state index is 8.59. The molecule has 2 unspecified atom stereocenters. The first-order chi connectivity index (χ1) is 8.28. The second-order valence-electron chi connectivity index (χ2n) is 5.27. The van der Waals surface area contributed by atoms with Crippen LogP contribution in [-0.4, -0.2) is 60.4 Å². The predicted molar refractivity (Wildman–Crippen MR) is 64.0 cm³/mol. The Kier molecular flexibility index (Phi) is 5.51. The zero-order valence-electron chi connectivity index (χ0n) is 11.5. The van der Waals surface area contributed by atoms with E-state index in [1.807, 2.05) is 27.7 Å². The number of hydrogen-bond acceptors (Lipinski definition) is 6. The van der Waals surface area contributed by atoms with E-state index in [0.717, 1.165) is 0 Å². The summed E-state index contributed by atoms with van der Waals surface area (Å²) in [7, 11) is 0.